The summed E-state index contributed by atoms with van der Waals surface area (Å²) in [6, 6.07) is 7.86. The fourth-order valence-electron chi connectivity index (χ4n) is 1.71. The van der Waals surface area contributed by atoms with Crippen molar-refractivity contribution in [2.24, 2.45) is 5.73 Å². The topological polar surface area (TPSA) is 53.7 Å². The molecule has 0 amide bonds. The van der Waals surface area contributed by atoms with Crippen LogP contribution >= 0.6 is 0 Å². The molecule has 1 aromatic carbocycles. The lowest BCUT2D eigenvalue weighted by molar-refractivity contribution is -0.117. The van der Waals surface area contributed by atoms with E-state index < -0.39 is 0 Å². The average molecular weight is 239 g/mol. The minimum absolute atomic E-state index is 0.118. The molecule has 0 aromatic heterocycles. The van der Waals surface area contributed by atoms with Gasteiger partial charge in [-0.15, -0.1) is 0 Å². The molecule has 4 nitrogen and oxygen atoms in total. The summed E-state index contributed by atoms with van der Waals surface area (Å²) in [5.41, 5.74) is 7.20. The highest BCUT2D eigenvalue weighted by molar-refractivity contribution is 5.27. The molecule has 2 N–H and O–H groups in total. The zero-order chi connectivity index (χ0) is 12.7. The summed E-state index contributed by atoms with van der Waals surface area (Å²) in [6.45, 7) is 0. The molecule has 17 heavy (non-hydrogen) atoms. The van der Waals surface area contributed by atoms with Gasteiger partial charge in [-0.25, -0.2) is 0 Å². The van der Waals surface area contributed by atoms with Crippen LogP contribution in [0.15, 0.2) is 24.3 Å². The second-order valence-electron chi connectivity index (χ2n) is 3.89. The predicted molar refractivity (Wildman–Crippen MR) is 67.1 cm³/mol. The average Bonchev–Trinajstić information content (AvgIpc) is 2.38. The highest BCUT2D eigenvalue weighted by Crippen LogP contribution is 2.14. The Morgan fingerprint density at radius 3 is 2.12 bits per heavy atom. The van der Waals surface area contributed by atoms with Crippen molar-refractivity contribution >= 4 is 0 Å². The molecular weight excluding hydrogens is 218 g/mol. The van der Waals surface area contributed by atoms with Crippen molar-refractivity contribution in [3.05, 3.63) is 29.8 Å². The maximum absolute atomic E-state index is 5.97. The van der Waals surface area contributed by atoms with Crippen molar-refractivity contribution in [2.45, 2.75) is 25.2 Å². The molecule has 0 heterocycles. The molecule has 0 saturated carbocycles. The Hall–Kier alpha value is -1.10. The van der Waals surface area contributed by atoms with E-state index >= 15 is 0 Å². The SMILES string of the molecule is COc1ccc(CCC(N)C(OC)OC)cc1. The van der Waals surface area contributed by atoms with Crippen LogP contribution in [0.2, 0.25) is 0 Å². The van der Waals surface area contributed by atoms with Crippen molar-refractivity contribution in [2.75, 3.05) is 21.3 Å². The Morgan fingerprint density at radius 1 is 1.06 bits per heavy atom. The predicted octanol–water partition coefficient (Wildman–Crippen LogP) is 1.57. The molecule has 1 rings (SSSR count). The summed E-state index contributed by atoms with van der Waals surface area (Å²) in [7, 11) is 4.86. The maximum atomic E-state index is 5.97. The van der Waals surface area contributed by atoms with Crippen LogP contribution in [-0.2, 0) is 15.9 Å². The largest absolute Gasteiger partial charge is 0.497 e. The lowest BCUT2D eigenvalue weighted by atomic mass is 10.1. The van der Waals surface area contributed by atoms with Gasteiger partial charge in [0.15, 0.2) is 6.29 Å². The standard InChI is InChI=1S/C13H21NO3/c1-15-11-7-4-10(5-8-11)6-9-12(14)13(16-2)17-3/h4-5,7-8,12-13H,6,9,14H2,1-3H3. The van der Waals surface area contributed by atoms with Crippen molar-refractivity contribution in [1.82, 2.24) is 0 Å². The second-order valence-corrected chi connectivity index (χ2v) is 3.89. The lowest BCUT2D eigenvalue weighted by Crippen LogP contribution is -2.37. The van der Waals surface area contributed by atoms with Crippen molar-refractivity contribution in [1.29, 1.82) is 0 Å². The fraction of sp³-hybridized carbons (Fsp3) is 0.538. The van der Waals surface area contributed by atoms with Gasteiger partial charge >= 0.3 is 0 Å². The number of rotatable bonds is 7. The molecule has 4 heteroatoms. The van der Waals surface area contributed by atoms with E-state index in [0.717, 1.165) is 18.6 Å². The number of ether oxygens (including phenoxy) is 3. The first-order chi connectivity index (χ1) is 8.21. The van der Waals surface area contributed by atoms with Crippen molar-refractivity contribution in [3.63, 3.8) is 0 Å². The first kappa shape index (κ1) is 14.0. The summed E-state index contributed by atoms with van der Waals surface area (Å²) in [5.74, 6) is 0.865. The van der Waals surface area contributed by atoms with Crippen LogP contribution in [0.4, 0.5) is 0 Å². The summed E-state index contributed by atoms with van der Waals surface area (Å²) in [6.07, 6.45) is 1.38. The highest BCUT2D eigenvalue weighted by Gasteiger charge is 2.15. The van der Waals surface area contributed by atoms with E-state index in [0.29, 0.717) is 0 Å². The molecule has 96 valence electrons. The Labute approximate surface area is 103 Å². The Morgan fingerprint density at radius 2 is 1.65 bits per heavy atom. The number of hydrogen-bond donors (Lipinski definition) is 1. The van der Waals surface area contributed by atoms with Gasteiger partial charge in [-0.1, -0.05) is 12.1 Å². The summed E-state index contributed by atoms with van der Waals surface area (Å²) in [5, 5.41) is 0. The minimum Gasteiger partial charge on any atom is -0.497 e. The molecule has 0 aliphatic rings. The van der Waals surface area contributed by atoms with Gasteiger partial charge in [0.05, 0.1) is 13.2 Å². The number of benzene rings is 1. The highest BCUT2D eigenvalue weighted by atomic mass is 16.7. The second kappa shape index (κ2) is 7.27. The van der Waals surface area contributed by atoms with Gasteiger partial charge in [-0.2, -0.15) is 0 Å². The maximum Gasteiger partial charge on any atom is 0.171 e. The van der Waals surface area contributed by atoms with Gasteiger partial charge in [0.2, 0.25) is 0 Å². The van der Waals surface area contributed by atoms with E-state index in [4.69, 9.17) is 19.9 Å². The molecule has 0 spiro atoms. The third kappa shape index (κ3) is 4.34. The third-order valence-corrected chi connectivity index (χ3v) is 2.74. The Kier molecular flexibility index (Phi) is 5.97. The first-order valence-electron chi connectivity index (χ1n) is 5.65. The zero-order valence-electron chi connectivity index (χ0n) is 10.7. The number of methoxy groups -OCH3 is 3. The van der Waals surface area contributed by atoms with Crippen molar-refractivity contribution in [3.8, 4) is 5.75 Å². The van der Waals surface area contributed by atoms with Crippen LogP contribution in [0.5, 0.6) is 5.75 Å². The molecule has 0 aliphatic carbocycles. The molecule has 0 bridgehead atoms. The number of nitrogens with two attached hydrogens (primary N) is 1. The van der Waals surface area contributed by atoms with E-state index in [9.17, 15) is 0 Å². The van der Waals surface area contributed by atoms with Crippen LogP contribution in [0, 0.1) is 0 Å². The molecular formula is C13H21NO3. The summed E-state index contributed by atoms with van der Waals surface area (Å²) < 4.78 is 15.3. The molecule has 0 radical (unpaired) electrons. The smallest absolute Gasteiger partial charge is 0.171 e. The van der Waals surface area contributed by atoms with Crippen LogP contribution in [-0.4, -0.2) is 33.7 Å². The lowest BCUT2D eigenvalue weighted by Gasteiger charge is -2.20. The van der Waals surface area contributed by atoms with Crippen LogP contribution in [0.25, 0.3) is 0 Å². The molecule has 0 aliphatic heterocycles. The molecule has 0 saturated heterocycles. The molecule has 1 atom stereocenters. The number of hydrogen-bond acceptors (Lipinski definition) is 4. The van der Waals surface area contributed by atoms with E-state index in [1.807, 2.05) is 24.3 Å². The minimum atomic E-state index is -0.340. The fourth-order valence-corrected chi connectivity index (χ4v) is 1.71. The summed E-state index contributed by atoms with van der Waals surface area (Å²) in [4.78, 5) is 0. The van der Waals surface area contributed by atoms with E-state index in [-0.39, 0.29) is 12.3 Å². The number of aryl methyl sites for hydroxylation is 1. The van der Waals surface area contributed by atoms with E-state index in [1.54, 1.807) is 21.3 Å². The Balaban J connectivity index is 2.43. The van der Waals surface area contributed by atoms with Crippen LogP contribution in [0.1, 0.15) is 12.0 Å². The van der Waals surface area contributed by atoms with E-state index in [2.05, 4.69) is 0 Å². The zero-order valence-corrected chi connectivity index (χ0v) is 10.7. The molecule has 1 unspecified atom stereocenters. The Bertz CT molecular complexity index is 309. The van der Waals surface area contributed by atoms with Crippen molar-refractivity contribution < 1.29 is 14.2 Å². The normalized spacial score (nSPS) is 12.8. The van der Waals surface area contributed by atoms with Gasteiger partial charge in [0.1, 0.15) is 5.75 Å². The monoisotopic (exact) mass is 239 g/mol. The summed E-state index contributed by atoms with van der Waals surface area (Å²) >= 11 is 0. The first-order valence-corrected chi connectivity index (χ1v) is 5.65. The van der Waals surface area contributed by atoms with E-state index in [1.165, 1.54) is 5.56 Å². The quantitative estimate of drug-likeness (QED) is 0.734. The van der Waals surface area contributed by atoms with Gasteiger partial charge < -0.3 is 19.9 Å². The molecule has 0 fully saturated rings. The van der Waals surface area contributed by atoms with Gasteiger partial charge in [0.25, 0.3) is 0 Å². The van der Waals surface area contributed by atoms with Crippen LogP contribution < -0.4 is 10.5 Å². The van der Waals surface area contributed by atoms with Gasteiger partial charge in [-0.3, -0.25) is 0 Å². The molecule has 1 aromatic rings. The third-order valence-electron chi connectivity index (χ3n) is 2.74. The van der Waals surface area contributed by atoms with Crippen LogP contribution in [0.3, 0.4) is 0 Å². The van der Waals surface area contributed by atoms with Gasteiger partial charge in [0, 0.05) is 14.2 Å². The van der Waals surface area contributed by atoms with Gasteiger partial charge in [-0.05, 0) is 30.5 Å².